The monoisotopic (exact) mass is 390 g/mol. The maximum absolute atomic E-state index is 13.2. The Morgan fingerprint density at radius 3 is 2.32 bits per heavy atom. The van der Waals surface area contributed by atoms with Gasteiger partial charge in [-0.1, -0.05) is 72.3 Å². The normalized spacial score (nSPS) is 18.6. The second-order valence-corrected chi connectivity index (χ2v) is 7.26. The van der Waals surface area contributed by atoms with Gasteiger partial charge in [0.05, 0.1) is 18.0 Å². The van der Waals surface area contributed by atoms with Gasteiger partial charge in [-0.2, -0.15) is 0 Å². The number of nitrogens with one attached hydrogen (secondary N) is 1. The zero-order chi connectivity index (χ0) is 19.6. The van der Waals surface area contributed by atoms with E-state index in [0.29, 0.717) is 16.4 Å². The molecule has 1 heterocycles. The summed E-state index contributed by atoms with van der Waals surface area (Å²) in [7, 11) is 0. The molecule has 0 aromatic heterocycles. The summed E-state index contributed by atoms with van der Waals surface area (Å²) in [4.78, 5) is 18.0. The molecule has 0 spiro atoms. The Labute approximate surface area is 168 Å². The SMILES string of the molecule is O=C1Nc2ccc(Cl)cc2C(c2ccccc2)=N[C@]1(CO)Cc1ccccc1. The lowest BCUT2D eigenvalue weighted by atomic mass is 9.90. The van der Waals surface area contributed by atoms with Crippen LogP contribution in [0.3, 0.4) is 0 Å². The van der Waals surface area contributed by atoms with Crippen LogP contribution in [-0.2, 0) is 11.2 Å². The molecule has 28 heavy (non-hydrogen) atoms. The van der Waals surface area contributed by atoms with Gasteiger partial charge in [0, 0.05) is 22.6 Å². The molecule has 1 aliphatic rings. The number of carbonyl (C=O) groups excluding carboxylic acids is 1. The molecule has 1 atom stereocenters. The van der Waals surface area contributed by atoms with Crippen molar-refractivity contribution in [2.45, 2.75) is 12.0 Å². The Morgan fingerprint density at radius 1 is 0.964 bits per heavy atom. The number of aliphatic imine (C=N–C) groups is 1. The summed E-state index contributed by atoms with van der Waals surface area (Å²) in [5.41, 5.74) is 2.43. The van der Waals surface area contributed by atoms with Gasteiger partial charge in [0.25, 0.3) is 5.91 Å². The van der Waals surface area contributed by atoms with Crippen molar-refractivity contribution in [3.63, 3.8) is 0 Å². The largest absolute Gasteiger partial charge is 0.393 e. The first-order valence-electron chi connectivity index (χ1n) is 9.03. The third-order valence-electron chi connectivity index (χ3n) is 4.88. The molecule has 0 fully saturated rings. The number of hydrogen-bond acceptors (Lipinski definition) is 3. The number of anilines is 1. The molecule has 1 aliphatic heterocycles. The highest BCUT2D eigenvalue weighted by Gasteiger charge is 2.41. The van der Waals surface area contributed by atoms with Gasteiger partial charge < -0.3 is 10.4 Å². The fraction of sp³-hybridized carbons (Fsp3) is 0.130. The van der Waals surface area contributed by atoms with E-state index in [1.165, 1.54) is 0 Å². The van der Waals surface area contributed by atoms with Gasteiger partial charge in [-0.25, -0.2) is 0 Å². The molecule has 0 saturated heterocycles. The Morgan fingerprint density at radius 2 is 1.64 bits per heavy atom. The molecule has 4 nitrogen and oxygen atoms in total. The van der Waals surface area contributed by atoms with Crippen molar-refractivity contribution in [2.75, 3.05) is 11.9 Å². The maximum Gasteiger partial charge on any atom is 0.255 e. The van der Waals surface area contributed by atoms with Crippen molar-refractivity contribution in [1.82, 2.24) is 0 Å². The highest BCUT2D eigenvalue weighted by atomic mass is 35.5. The van der Waals surface area contributed by atoms with E-state index < -0.39 is 12.1 Å². The molecular formula is C23H19ClN2O2. The second kappa shape index (κ2) is 7.58. The van der Waals surface area contributed by atoms with Crippen molar-refractivity contribution in [3.05, 3.63) is 101 Å². The summed E-state index contributed by atoms with van der Waals surface area (Å²) in [6.07, 6.45) is 0.286. The van der Waals surface area contributed by atoms with Gasteiger partial charge in [0.1, 0.15) is 0 Å². The highest BCUT2D eigenvalue weighted by molar-refractivity contribution is 6.32. The Bertz CT molecular complexity index is 1030. The van der Waals surface area contributed by atoms with E-state index in [-0.39, 0.29) is 12.3 Å². The van der Waals surface area contributed by atoms with Gasteiger partial charge in [-0.3, -0.25) is 9.79 Å². The minimum Gasteiger partial charge on any atom is -0.393 e. The van der Waals surface area contributed by atoms with Crippen molar-refractivity contribution in [2.24, 2.45) is 4.99 Å². The van der Waals surface area contributed by atoms with Gasteiger partial charge in [0.15, 0.2) is 5.54 Å². The fourth-order valence-corrected chi connectivity index (χ4v) is 3.59. The van der Waals surface area contributed by atoms with Gasteiger partial charge in [-0.05, 0) is 23.8 Å². The predicted octanol–water partition coefficient (Wildman–Crippen LogP) is 4.10. The molecule has 0 unspecified atom stereocenters. The maximum atomic E-state index is 13.2. The number of carbonyl (C=O) groups is 1. The number of benzodiazepines with no additional fused rings is 1. The van der Waals surface area contributed by atoms with Crippen molar-refractivity contribution < 1.29 is 9.90 Å². The van der Waals surface area contributed by atoms with Crippen molar-refractivity contribution in [3.8, 4) is 0 Å². The number of halogens is 1. The number of nitrogens with zero attached hydrogens (tertiary/aromatic N) is 1. The highest BCUT2D eigenvalue weighted by Crippen LogP contribution is 2.32. The zero-order valence-electron chi connectivity index (χ0n) is 15.1. The van der Waals surface area contributed by atoms with Crippen LogP contribution in [0.5, 0.6) is 0 Å². The molecule has 0 saturated carbocycles. The first-order chi connectivity index (χ1) is 13.6. The number of fused-ring (bicyclic) bond motifs is 1. The Kier molecular flexibility index (Phi) is 4.99. The van der Waals surface area contributed by atoms with Crippen LogP contribution in [-0.4, -0.2) is 28.9 Å². The van der Waals surface area contributed by atoms with Crippen LogP contribution in [0.15, 0.2) is 83.9 Å². The van der Waals surface area contributed by atoms with Crippen LogP contribution in [0, 0.1) is 0 Å². The van der Waals surface area contributed by atoms with E-state index >= 15 is 0 Å². The first kappa shape index (κ1) is 18.4. The third kappa shape index (κ3) is 3.44. The van der Waals surface area contributed by atoms with Crippen LogP contribution in [0.2, 0.25) is 5.02 Å². The molecule has 0 bridgehead atoms. The molecule has 0 aliphatic carbocycles. The quantitative estimate of drug-likeness (QED) is 0.704. The van der Waals surface area contributed by atoms with Crippen LogP contribution < -0.4 is 5.32 Å². The number of benzene rings is 3. The number of rotatable bonds is 4. The first-order valence-corrected chi connectivity index (χ1v) is 9.40. The summed E-state index contributed by atoms with van der Waals surface area (Å²) in [6.45, 7) is -0.411. The molecule has 3 aromatic rings. The van der Waals surface area contributed by atoms with Crippen molar-refractivity contribution in [1.29, 1.82) is 0 Å². The molecule has 3 aromatic carbocycles. The summed E-state index contributed by atoms with van der Waals surface area (Å²) >= 11 is 6.24. The van der Waals surface area contributed by atoms with Gasteiger partial charge in [-0.15, -0.1) is 0 Å². The average Bonchev–Trinajstić information content (AvgIpc) is 2.84. The smallest absolute Gasteiger partial charge is 0.255 e. The molecule has 140 valence electrons. The lowest BCUT2D eigenvalue weighted by Crippen LogP contribution is -2.46. The standard InChI is InChI=1S/C23H19ClN2O2/c24-18-11-12-20-19(13-18)21(17-9-5-2-6-10-17)26-23(15-27,22(28)25-20)14-16-7-3-1-4-8-16/h1-13,27H,14-15H2,(H,25,28)/t23-/m0/s1. The van der Waals surface area contributed by atoms with Crippen LogP contribution in [0.25, 0.3) is 0 Å². The molecule has 0 radical (unpaired) electrons. The van der Waals surface area contributed by atoms with E-state index in [1.54, 1.807) is 18.2 Å². The fourth-order valence-electron chi connectivity index (χ4n) is 3.42. The summed E-state index contributed by atoms with van der Waals surface area (Å²) < 4.78 is 0. The van der Waals surface area contributed by atoms with Crippen LogP contribution in [0.1, 0.15) is 16.7 Å². The van der Waals surface area contributed by atoms with Gasteiger partial charge >= 0.3 is 0 Å². The Balaban J connectivity index is 1.93. The minimum atomic E-state index is -1.34. The minimum absolute atomic E-state index is 0.286. The lowest BCUT2D eigenvalue weighted by molar-refractivity contribution is -0.122. The molecule has 2 N–H and O–H groups in total. The number of aliphatic hydroxyl groups excluding tert-OH is 1. The second-order valence-electron chi connectivity index (χ2n) is 6.82. The van der Waals surface area contributed by atoms with E-state index in [9.17, 15) is 9.90 Å². The van der Waals surface area contributed by atoms with Crippen LogP contribution in [0.4, 0.5) is 5.69 Å². The number of aliphatic hydroxyl groups is 1. The predicted molar refractivity (Wildman–Crippen MR) is 112 cm³/mol. The molecular weight excluding hydrogens is 372 g/mol. The topological polar surface area (TPSA) is 61.7 Å². The number of hydrogen-bond donors (Lipinski definition) is 2. The Hall–Kier alpha value is -2.95. The summed E-state index contributed by atoms with van der Waals surface area (Å²) in [6, 6.07) is 24.5. The third-order valence-corrected chi connectivity index (χ3v) is 5.12. The van der Waals surface area contributed by atoms with E-state index in [0.717, 1.165) is 16.7 Å². The van der Waals surface area contributed by atoms with E-state index in [4.69, 9.17) is 16.6 Å². The number of amides is 1. The van der Waals surface area contributed by atoms with Gasteiger partial charge in [0.2, 0.25) is 0 Å². The van der Waals surface area contributed by atoms with Crippen molar-refractivity contribution >= 4 is 28.9 Å². The van der Waals surface area contributed by atoms with E-state index in [1.807, 2.05) is 60.7 Å². The molecule has 4 rings (SSSR count). The average molecular weight is 391 g/mol. The molecule has 5 heteroatoms. The summed E-state index contributed by atoms with van der Waals surface area (Å²) in [5.74, 6) is -0.339. The molecule has 1 amide bonds. The summed E-state index contributed by atoms with van der Waals surface area (Å²) in [5, 5.41) is 13.8. The van der Waals surface area contributed by atoms with Crippen LogP contribution >= 0.6 is 11.6 Å². The zero-order valence-corrected chi connectivity index (χ0v) is 15.9. The van der Waals surface area contributed by atoms with E-state index in [2.05, 4.69) is 5.32 Å². The lowest BCUT2D eigenvalue weighted by Gasteiger charge is -2.26.